The van der Waals surface area contributed by atoms with Gasteiger partial charge in [-0.2, -0.15) is 0 Å². The van der Waals surface area contributed by atoms with Crippen LogP contribution in [0.2, 0.25) is 0 Å². The molecule has 0 aliphatic carbocycles. The van der Waals surface area contributed by atoms with Gasteiger partial charge in [0.2, 0.25) is 0 Å². The molecule has 2 aromatic heterocycles. The van der Waals surface area contributed by atoms with Crippen molar-refractivity contribution in [2.45, 2.75) is 88.6 Å². The number of carbonyl (C=O) groups excluding carboxylic acids is 3. The highest BCUT2D eigenvalue weighted by molar-refractivity contribution is 5.87. The highest BCUT2D eigenvalue weighted by atomic mass is 16.5. The molecule has 58 heavy (non-hydrogen) atoms. The lowest BCUT2D eigenvalue weighted by Crippen LogP contribution is -2.58. The maximum Gasteiger partial charge on any atom is 0.417 e. The Hall–Kier alpha value is -5.59. The highest BCUT2D eigenvalue weighted by Crippen LogP contribution is 2.36. The molecule has 6 heterocycles. The van der Waals surface area contributed by atoms with E-state index in [1.54, 1.807) is 0 Å². The lowest BCUT2D eigenvalue weighted by atomic mass is 10.0. The van der Waals surface area contributed by atoms with Gasteiger partial charge in [0.1, 0.15) is 23.8 Å². The van der Waals surface area contributed by atoms with Crippen LogP contribution in [0.15, 0.2) is 91.3 Å². The van der Waals surface area contributed by atoms with Crippen LogP contribution < -0.4 is 5.32 Å². The molecule has 0 bridgehead atoms. The van der Waals surface area contributed by atoms with Crippen molar-refractivity contribution in [1.82, 2.24) is 35.1 Å². The Balaban J connectivity index is 0.864. The number of amides is 4. The molecule has 1 unspecified atom stereocenters. The fourth-order valence-electron chi connectivity index (χ4n) is 9.47. The number of aromatic amines is 2. The summed E-state index contributed by atoms with van der Waals surface area (Å²) in [5.41, 5.74) is 6.83. The van der Waals surface area contributed by atoms with Gasteiger partial charge in [0.15, 0.2) is 0 Å². The number of imidazole rings is 2. The normalized spacial score (nSPS) is 25.0. The van der Waals surface area contributed by atoms with Gasteiger partial charge < -0.3 is 24.5 Å². The Morgan fingerprint density at radius 2 is 1.29 bits per heavy atom. The zero-order valence-corrected chi connectivity index (χ0v) is 33.4. The van der Waals surface area contributed by atoms with Gasteiger partial charge in [0, 0.05) is 32.5 Å². The molecule has 4 saturated heterocycles. The van der Waals surface area contributed by atoms with E-state index in [0.717, 1.165) is 115 Å². The van der Waals surface area contributed by atoms with Crippen LogP contribution in [0, 0.1) is 0 Å². The second kappa shape index (κ2) is 16.0. The van der Waals surface area contributed by atoms with Gasteiger partial charge in [0.05, 0.1) is 55.5 Å². The fraction of sp³-hybridized carbons (Fsp3) is 0.413. The molecule has 300 valence electrons. The monoisotopic (exact) mass is 781 g/mol. The maximum atomic E-state index is 14.4. The first-order chi connectivity index (χ1) is 28.3. The number of hydrogen-bond donors (Lipinski definition) is 3. The van der Waals surface area contributed by atoms with E-state index in [1.807, 2.05) is 59.6 Å². The Morgan fingerprint density at radius 1 is 0.724 bits per heavy atom. The summed E-state index contributed by atoms with van der Waals surface area (Å²) in [4.78, 5) is 61.6. The molecule has 9 rings (SSSR count). The number of rotatable bonds is 9. The largest absolute Gasteiger partial charge is 0.417 e. The molecule has 5 aromatic rings. The van der Waals surface area contributed by atoms with Gasteiger partial charge in [-0.25, -0.2) is 19.2 Å². The van der Waals surface area contributed by atoms with Crippen LogP contribution in [-0.2, 0) is 14.3 Å². The van der Waals surface area contributed by atoms with Crippen LogP contribution in [0.4, 0.5) is 4.79 Å². The summed E-state index contributed by atoms with van der Waals surface area (Å²) in [5, 5.41) is 3.17. The number of quaternary nitrogens is 1. The van der Waals surface area contributed by atoms with E-state index in [0.29, 0.717) is 17.6 Å². The van der Waals surface area contributed by atoms with E-state index < -0.39 is 6.04 Å². The van der Waals surface area contributed by atoms with Crippen molar-refractivity contribution >= 4 is 17.8 Å². The Kier molecular flexibility index (Phi) is 10.5. The molecule has 4 aliphatic heterocycles. The summed E-state index contributed by atoms with van der Waals surface area (Å²) in [6.45, 7) is 4.89. The fourth-order valence-corrected chi connectivity index (χ4v) is 9.47. The van der Waals surface area contributed by atoms with E-state index in [2.05, 4.69) is 70.7 Å². The number of hydrogen-bond acceptors (Lipinski definition) is 6. The molecule has 4 fully saturated rings. The number of aromatic nitrogens is 4. The average Bonchev–Trinajstić information content (AvgIpc) is 4.11. The lowest BCUT2D eigenvalue weighted by Gasteiger charge is -2.34. The van der Waals surface area contributed by atoms with Crippen LogP contribution in [0.25, 0.3) is 33.6 Å². The van der Waals surface area contributed by atoms with Crippen molar-refractivity contribution in [1.29, 1.82) is 0 Å². The summed E-state index contributed by atoms with van der Waals surface area (Å²) >= 11 is 0. The second-order valence-corrected chi connectivity index (χ2v) is 16.7. The van der Waals surface area contributed by atoms with E-state index in [-0.39, 0.29) is 42.1 Å². The highest BCUT2D eigenvalue weighted by Gasteiger charge is 2.45. The van der Waals surface area contributed by atoms with Crippen LogP contribution in [-0.4, -0.2) is 97.5 Å². The van der Waals surface area contributed by atoms with Crippen molar-refractivity contribution in [3.8, 4) is 33.6 Å². The van der Waals surface area contributed by atoms with Gasteiger partial charge >= 0.3 is 6.03 Å². The van der Waals surface area contributed by atoms with E-state index >= 15 is 0 Å². The summed E-state index contributed by atoms with van der Waals surface area (Å²) in [6, 6.07) is 25.5. The molecule has 3 N–H and O–H groups in total. The molecule has 0 saturated carbocycles. The zero-order chi connectivity index (χ0) is 39.8. The first kappa shape index (κ1) is 38.0. The van der Waals surface area contributed by atoms with Crippen molar-refractivity contribution in [2.75, 3.05) is 33.3 Å². The Bertz CT molecular complexity index is 2250. The molecule has 0 spiro atoms. The van der Waals surface area contributed by atoms with Gasteiger partial charge in [-0.15, -0.1) is 0 Å². The van der Waals surface area contributed by atoms with Crippen LogP contribution >= 0.6 is 0 Å². The van der Waals surface area contributed by atoms with Crippen molar-refractivity contribution in [3.05, 3.63) is 108 Å². The van der Waals surface area contributed by atoms with Crippen molar-refractivity contribution in [2.24, 2.45) is 0 Å². The zero-order valence-electron chi connectivity index (χ0n) is 33.4. The first-order valence-corrected chi connectivity index (χ1v) is 21.0. The molecular weight excluding hydrogens is 729 g/mol. The topological polar surface area (TPSA) is 136 Å². The molecule has 6 atom stereocenters. The molecule has 4 aliphatic rings. The summed E-state index contributed by atoms with van der Waals surface area (Å²) < 4.78 is 5.98. The number of urea groups is 1. The number of ether oxygens (including phenoxy) is 1. The Morgan fingerprint density at radius 3 is 1.84 bits per heavy atom. The molecule has 12 heteroatoms. The minimum absolute atomic E-state index is 0.0478. The van der Waals surface area contributed by atoms with E-state index in [1.165, 1.54) is 0 Å². The number of benzene rings is 3. The third-order valence-electron chi connectivity index (χ3n) is 13.2. The smallest absolute Gasteiger partial charge is 0.368 e. The third kappa shape index (κ3) is 7.24. The minimum atomic E-state index is -0.776. The van der Waals surface area contributed by atoms with Crippen molar-refractivity contribution in [3.63, 3.8) is 0 Å². The number of nitrogens with zero attached hydrogens (tertiary/aromatic N) is 5. The number of H-pyrrole nitrogens is 2. The van der Waals surface area contributed by atoms with Gasteiger partial charge in [-0.1, -0.05) is 78.9 Å². The molecule has 12 nitrogen and oxygen atoms in total. The average molecular weight is 782 g/mol. The molecular formula is C46H53N8O4+. The first-order valence-electron chi connectivity index (χ1n) is 21.0. The van der Waals surface area contributed by atoms with Gasteiger partial charge in [-0.05, 0) is 73.3 Å². The molecule has 4 amide bonds. The predicted octanol–water partition coefficient (Wildman–Crippen LogP) is 7.72. The quantitative estimate of drug-likeness (QED) is 0.131. The van der Waals surface area contributed by atoms with Crippen LogP contribution in [0.1, 0.15) is 93.6 Å². The predicted molar refractivity (Wildman–Crippen MR) is 221 cm³/mol. The standard InChI is InChI=1S/C46H52N8O4/c1-30-10-8-26-54(30,2)46(57)51-41(35-11-4-3-5-12-35)45(56)53-25-7-14-39(53)43-48-29-37(50-43)34-22-18-32(19-23-34)31-16-20-33(21-17-31)36-28-47-42(49-36)38-13-6-24-52(38)44(55)40-15-9-27-58-40/h3-5,11-12,16-23,28-30,38-41H,6-10,13-15,24-27H2,1-2H3,(H2-,47,48,49,50,51,57)/p+1/t30-,38+,39+,40-,41-,54?/m1/s1. The number of likely N-dealkylation sites (tertiary alicyclic amines) is 3. The Labute approximate surface area is 339 Å². The third-order valence-corrected chi connectivity index (χ3v) is 13.2. The maximum absolute atomic E-state index is 14.4. The summed E-state index contributed by atoms with van der Waals surface area (Å²) in [6.07, 6.45) is 10.6. The van der Waals surface area contributed by atoms with Crippen molar-refractivity contribution < 1.29 is 23.6 Å². The van der Waals surface area contributed by atoms with Crippen LogP contribution in [0.3, 0.4) is 0 Å². The number of nitrogens with one attached hydrogen (secondary N) is 3. The molecule has 3 aromatic carbocycles. The second-order valence-electron chi connectivity index (χ2n) is 16.7. The SMILES string of the molecule is C[C@@H]1CCC[N+]1(C)C(=O)N[C@@H](C(=O)N1CCC[C@H]1c1ncc(-c2ccc(-c3ccc(-c4cnc([C@@H]5CCCN5C(=O)[C@H]5CCCO5)[nH]4)cc3)cc2)[nH]1)c1ccccc1. The molecule has 0 radical (unpaired) electrons. The lowest BCUT2D eigenvalue weighted by molar-refractivity contribution is -0.840. The summed E-state index contributed by atoms with van der Waals surface area (Å²) in [7, 11) is 1.98. The van der Waals surface area contributed by atoms with Crippen LogP contribution in [0.5, 0.6) is 0 Å². The van der Waals surface area contributed by atoms with E-state index in [9.17, 15) is 14.4 Å². The van der Waals surface area contributed by atoms with Gasteiger partial charge in [-0.3, -0.25) is 14.9 Å². The van der Waals surface area contributed by atoms with Gasteiger partial charge in [0.25, 0.3) is 11.8 Å². The summed E-state index contributed by atoms with van der Waals surface area (Å²) in [5.74, 6) is 1.56. The number of carbonyl (C=O) groups is 3. The van der Waals surface area contributed by atoms with E-state index in [4.69, 9.17) is 14.7 Å². The minimum Gasteiger partial charge on any atom is -0.368 e.